The molecular formula is C18H13ClF3NO5. The highest BCUT2D eigenvalue weighted by Crippen LogP contribution is 2.31. The van der Waals surface area contributed by atoms with E-state index >= 15 is 0 Å². The minimum Gasteiger partial charge on any atom is -0.500 e. The number of nitrogens with one attached hydrogen (secondary N) is 1. The molecule has 0 aliphatic carbocycles. The molecule has 0 saturated heterocycles. The summed E-state index contributed by atoms with van der Waals surface area (Å²) in [5.74, 6) is -3.10. The van der Waals surface area contributed by atoms with Crippen molar-refractivity contribution in [3.8, 4) is 5.75 Å². The molecule has 28 heavy (non-hydrogen) atoms. The highest BCUT2D eigenvalue weighted by molar-refractivity contribution is 6.31. The molecule has 0 heterocycles. The number of methoxy groups -OCH3 is 1. The summed E-state index contributed by atoms with van der Waals surface area (Å²) in [5, 5.41) is 11.5. The molecule has 0 aliphatic heterocycles. The van der Waals surface area contributed by atoms with Crippen molar-refractivity contribution in [2.75, 3.05) is 12.4 Å². The minimum atomic E-state index is -4.58. The highest BCUT2D eigenvalue weighted by atomic mass is 35.5. The average molecular weight is 416 g/mol. The van der Waals surface area contributed by atoms with Gasteiger partial charge in [0.1, 0.15) is 12.0 Å². The largest absolute Gasteiger partial charge is 0.500 e. The number of aliphatic carboxylic acids is 1. The molecule has 2 aromatic carbocycles. The lowest BCUT2D eigenvalue weighted by molar-refractivity contribution is -0.137. The Balaban J connectivity index is 2.34. The Bertz CT molecular complexity index is 928. The fraction of sp³-hybridized carbons (Fsp3) is 0.111. The number of hydrogen-bond acceptors (Lipinski definition) is 4. The quantitative estimate of drug-likeness (QED) is 0.533. The fourth-order valence-electron chi connectivity index (χ4n) is 2.08. The fourth-order valence-corrected chi connectivity index (χ4v) is 2.26. The van der Waals surface area contributed by atoms with E-state index in [9.17, 15) is 22.8 Å². The third-order valence-corrected chi connectivity index (χ3v) is 3.52. The topological polar surface area (TPSA) is 84.9 Å². The van der Waals surface area contributed by atoms with Crippen LogP contribution in [0.2, 0.25) is 5.02 Å². The van der Waals surface area contributed by atoms with Crippen LogP contribution in [-0.4, -0.2) is 24.1 Å². The molecule has 0 unspecified atom stereocenters. The molecule has 1 amide bonds. The van der Waals surface area contributed by atoms with Gasteiger partial charge in [0.2, 0.25) is 5.76 Å². The van der Waals surface area contributed by atoms with Crippen LogP contribution in [0.1, 0.15) is 15.9 Å². The van der Waals surface area contributed by atoms with Crippen molar-refractivity contribution in [3.05, 3.63) is 70.6 Å². The third-order valence-electron chi connectivity index (χ3n) is 3.29. The normalized spacial score (nSPS) is 11.7. The van der Waals surface area contributed by atoms with Crippen LogP contribution in [0, 0.1) is 0 Å². The molecule has 0 atom stereocenters. The third kappa shape index (κ3) is 5.40. The molecule has 0 aliphatic rings. The van der Waals surface area contributed by atoms with Crippen molar-refractivity contribution in [2.24, 2.45) is 0 Å². The summed E-state index contributed by atoms with van der Waals surface area (Å²) in [6.45, 7) is 0. The molecule has 10 heteroatoms. The van der Waals surface area contributed by atoms with Crippen molar-refractivity contribution in [1.82, 2.24) is 0 Å². The number of hydrogen-bond donors (Lipinski definition) is 2. The summed E-state index contributed by atoms with van der Waals surface area (Å²) in [6, 6.07) is 7.81. The van der Waals surface area contributed by atoms with Crippen molar-refractivity contribution in [2.45, 2.75) is 6.18 Å². The number of amides is 1. The van der Waals surface area contributed by atoms with Gasteiger partial charge in [0, 0.05) is 10.7 Å². The monoisotopic (exact) mass is 415 g/mol. The van der Waals surface area contributed by atoms with E-state index in [1.807, 2.05) is 0 Å². The van der Waals surface area contributed by atoms with Gasteiger partial charge in [0.05, 0.1) is 18.2 Å². The molecule has 0 bridgehead atoms. The van der Waals surface area contributed by atoms with Gasteiger partial charge in [-0.05, 0) is 36.4 Å². The number of carbonyl (C=O) groups is 2. The Hall–Kier alpha value is -3.20. The van der Waals surface area contributed by atoms with Gasteiger partial charge in [-0.2, -0.15) is 13.2 Å². The van der Waals surface area contributed by atoms with Gasteiger partial charge < -0.3 is 19.9 Å². The van der Waals surface area contributed by atoms with Gasteiger partial charge in [-0.25, -0.2) is 4.79 Å². The Morgan fingerprint density at radius 3 is 2.50 bits per heavy atom. The first-order valence-electron chi connectivity index (χ1n) is 7.54. The lowest BCUT2D eigenvalue weighted by atomic mass is 10.1. The Morgan fingerprint density at radius 2 is 1.89 bits per heavy atom. The predicted octanol–water partition coefficient (Wildman–Crippen LogP) is 4.56. The number of ether oxygens (including phenoxy) is 2. The Labute approximate surface area is 162 Å². The smallest absolute Gasteiger partial charge is 0.416 e. The first-order valence-corrected chi connectivity index (χ1v) is 7.92. The first-order chi connectivity index (χ1) is 13.1. The molecular weight excluding hydrogens is 403 g/mol. The van der Waals surface area contributed by atoms with Gasteiger partial charge in [-0.3, -0.25) is 4.79 Å². The van der Waals surface area contributed by atoms with Crippen LogP contribution < -0.4 is 10.1 Å². The van der Waals surface area contributed by atoms with Crippen LogP contribution >= 0.6 is 11.6 Å². The number of carbonyl (C=O) groups excluding carboxylic acids is 1. The maximum atomic E-state index is 12.8. The maximum absolute atomic E-state index is 12.8. The van der Waals surface area contributed by atoms with Crippen molar-refractivity contribution < 1.29 is 37.3 Å². The maximum Gasteiger partial charge on any atom is 0.416 e. The molecule has 2 N–H and O–H groups in total. The van der Waals surface area contributed by atoms with Crippen LogP contribution in [-0.2, 0) is 15.7 Å². The van der Waals surface area contributed by atoms with Crippen molar-refractivity contribution >= 4 is 29.2 Å². The average Bonchev–Trinajstić information content (AvgIpc) is 2.62. The lowest BCUT2D eigenvalue weighted by Crippen LogP contribution is -2.16. The number of anilines is 1. The number of carboxylic acids is 1. The molecule has 0 fully saturated rings. The first kappa shape index (κ1) is 21.1. The lowest BCUT2D eigenvalue weighted by Gasteiger charge is -2.13. The van der Waals surface area contributed by atoms with Gasteiger partial charge >= 0.3 is 12.1 Å². The predicted molar refractivity (Wildman–Crippen MR) is 94.2 cm³/mol. The Morgan fingerprint density at radius 1 is 1.18 bits per heavy atom. The van der Waals surface area contributed by atoms with Gasteiger partial charge in [0.25, 0.3) is 5.91 Å². The van der Waals surface area contributed by atoms with Crippen LogP contribution in [0.15, 0.2) is 54.5 Å². The summed E-state index contributed by atoms with van der Waals surface area (Å²) in [6.07, 6.45) is -3.77. The Kier molecular flexibility index (Phi) is 6.53. The zero-order valence-corrected chi connectivity index (χ0v) is 15.0. The molecule has 0 radical (unpaired) electrons. The van der Waals surface area contributed by atoms with E-state index in [1.165, 1.54) is 31.4 Å². The van der Waals surface area contributed by atoms with Gasteiger partial charge in [-0.1, -0.05) is 17.7 Å². The molecule has 0 spiro atoms. The highest BCUT2D eigenvalue weighted by Gasteiger charge is 2.30. The summed E-state index contributed by atoms with van der Waals surface area (Å²) in [4.78, 5) is 23.7. The number of rotatable bonds is 6. The zero-order chi connectivity index (χ0) is 20.9. The number of alkyl halides is 3. The molecule has 6 nitrogen and oxygen atoms in total. The molecule has 2 rings (SSSR count). The molecule has 0 saturated carbocycles. The van der Waals surface area contributed by atoms with E-state index in [4.69, 9.17) is 21.4 Å². The molecule has 2 aromatic rings. The number of carboxylic acid groups (broad SMARTS) is 1. The second-order valence-corrected chi connectivity index (χ2v) is 5.73. The minimum absolute atomic E-state index is 0.114. The van der Waals surface area contributed by atoms with Crippen LogP contribution in [0.4, 0.5) is 18.9 Å². The van der Waals surface area contributed by atoms with Crippen LogP contribution in [0.25, 0.3) is 0 Å². The summed E-state index contributed by atoms with van der Waals surface area (Å²) in [5.41, 5.74) is -1.24. The zero-order valence-electron chi connectivity index (χ0n) is 14.2. The number of benzene rings is 2. The van der Waals surface area contributed by atoms with Crippen molar-refractivity contribution in [1.29, 1.82) is 0 Å². The van der Waals surface area contributed by atoms with Crippen LogP contribution in [0.5, 0.6) is 5.75 Å². The van der Waals surface area contributed by atoms with E-state index in [0.717, 1.165) is 24.5 Å². The van der Waals surface area contributed by atoms with Crippen molar-refractivity contribution in [3.63, 3.8) is 0 Å². The van der Waals surface area contributed by atoms with E-state index in [-0.39, 0.29) is 22.0 Å². The van der Waals surface area contributed by atoms with E-state index in [0.29, 0.717) is 0 Å². The SMILES string of the molecule is COC=C(Oc1ccc(Cl)cc1C(=O)Nc1cccc(C(F)(F)F)c1)C(=O)O. The second-order valence-electron chi connectivity index (χ2n) is 5.30. The summed E-state index contributed by atoms with van der Waals surface area (Å²) < 4.78 is 48.2. The van der Waals surface area contributed by atoms with E-state index < -0.39 is 29.4 Å². The second kappa shape index (κ2) is 8.66. The summed E-state index contributed by atoms with van der Waals surface area (Å²) in [7, 11) is 1.20. The molecule has 148 valence electrons. The molecule has 0 aromatic heterocycles. The standard InChI is InChI=1S/C18H13ClF3NO5/c1-27-9-15(17(25)26)28-14-6-5-11(19)8-13(14)16(24)23-12-4-2-3-10(7-12)18(20,21)22/h2-9H,1H3,(H,23,24)(H,25,26). The van der Waals surface area contributed by atoms with E-state index in [1.54, 1.807) is 0 Å². The van der Waals surface area contributed by atoms with E-state index in [2.05, 4.69) is 10.1 Å². The summed E-state index contributed by atoms with van der Waals surface area (Å²) >= 11 is 5.87. The number of halogens is 4. The van der Waals surface area contributed by atoms with Gasteiger partial charge in [0.15, 0.2) is 0 Å². The van der Waals surface area contributed by atoms with Crippen LogP contribution in [0.3, 0.4) is 0 Å². The van der Waals surface area contributed by atoms with Gasteiger partial charge in [-0.15, -0.1) is 0 Å².